The van der Waals surface area contributed by atoms with E-state index in [9.17, 15) is 0 Å². The van der Waals surface area contributed by atoms with Gasteiger partial charge in [-0.2, -0.15) is 0 Å². The van der Waals surface area contributed by atoms with E-state index in [0.29, 0.717) is 11.8 Å². The second-order valence-electron chi connectivity index (χ2n) is 6.71. The van der Waals surface area contributed by atoms with Crippen molar-refractivity contribution >= 4 is 0 Å². The predicted octanol–water partition coefficient (Wildman–Crippen LogP) is 3.65. The Labute approximate surface area is 139 Å². The summed E-state index contributed by atoms with van der Waals surface area (Å²) in [6, 6.07) is 8.37. The van der Waals surface area contributed by atoms with Crippen LogP contribution < -0.4 is 10.1 Å². The van der Waals surface area contributed by atoms with Crippen molar-refractivity contribution in [2.45, 2.75) is 40.8 Å². The van der Waals surface area contributed by atoms with Gasteiger partial charge in [-0.05, 0) is 43.0 Å². The topological polar surface area (TPSA) is 39.1 Å². The molecule has 0 aliphatic carbocycles. The normalized spacial score (nSPS) is 12.6. The predicted molar refractivity (Wildman–Crippen MR) is 94.6 cm³/mol. The second kappa shape index (κ2) is 8.73. The Kier molecular flexibility index (Phi) is 6.66. The maximum Gasteiger partial charge on any atom is 0.119 e. The van der Waals surface area contributed by atoms with Crippen LogP contribution in [-0.2, 0) is 13.1 Å². The van der Waals surface area contributed by atoms with E-state index in [1.807, 2.05) is 19.3 Å². The summed E-state index contributed by atoms with van der Waals surface area (Å²) in [5.41, 5.74) is 1.29. The Hall–Kier alpha value is -1.81. The van der Waals surface area contributed by atoms with Crippen LogP contribution in [0, 0.1) is 18.8 Å². The van der Waals surface area contributed by atoms with Gasteiger partial charge in [0.1, 0.15) is 11.6 Å². The summed E-state index contributed by atoms with van der Waals surface area (Å²) in [6.07, 6.45) is 3.90. The molecule has 0 fully saturated rings. The number of rotatable bonds is 9. The fourth-order valence-electron chi connectivity index (χ4n) is 2.43. The van der Waals surface area contributed by atoms with E-state index in [1.165, 1.54) is 5.56 Å². The highest BCUT2D eigenvalue weighted by Crippen LogP contribution is 2.13. The van der Waals surface area contributed by atoms with Gasteiger partial charge < -0.3 is 14.6 Å². The number of benzene rings is 1. The van der Waals surface area contributed by atoms with E-state index in [4.69, 9.17) is 4.74 Å². The molecule has 0 aliphatic rings. The van der Waals surface area contributed by atoms with E-state index < -0.39 is 0 Å². The molecule has 23 heavy (non-hydrogen) atoms. The minimum atomic E-state index is 0.553. The molecule has 126 valence electrons. The van der Waals surface area contributed by atoms with Crippen molar-refractivity contribution in [3.63, 3.8) is 0 Å². The first-order valence-electron chi connectivity index (χ1n) is 8.44. The molecule has 0 bridgehead atoms. The Morgan fingerprint density at radius 2 is 1.91 bits per heavy atom. The third-order valence-corrected chi connectivity index (χ3v) is 3.76. The molecule has 1 atom stereocenters. The summed E-state index contributed by atoms with van der Waals surface area (Å²) in [5, 5.41) is 3.53. The zero-order chi connectivity index (χ0) is 16.7. The molecule has 0 aliphatic heterocycles. The number of aryl methyl sites for hydroxylation is 1. The maximum atomic E-state index is 5.71. The van der Waals surface area contributed by atoms with Gasteiger partial charge in [0.05, 0.1) is 6.61 Å². The van der Waals surface area contributed by atoms with Crippen molar-refractivity contribution in [1.29, 1.82) is 0 Å². The van der Waals surface area contributed by atoms with Crippen LogP contribution in [0.25, 0.3) is 0 Å². The molecule has 4 nitrogen and oxygen atoms in total. The molecule has 2 aromatic rings. The van der Waals surface area contributed by atoms with E-state index in [0.717, 1.165) is 37.8 Å². The highest BCUT2D eigenvalue weighted by Gasteiger charge is 2.05. The number of nitrogens with one attached hydrogen (secondary N) is 1. The van der Waals surface area contributed by atoms with E-state index in [1.54, 1.807) is 0 Å². The van der Waals surface area contributed by atoms with Gasteiger partial charge in [0, 0.05) is 25.5 Å². The lowest BCUT2D eigenvalue weighted by Gasteiger charge is -2.14. The molecule has 0 amide bonds. The molecule has 1 aromatic heterocycles. The summed E-state index contributed by atoms with van der Waals surface area (Å²) in [5.74, 6) is 3.15. The molecule has 1 unspecified atom stereocenters. The first kappa shape index (κ1) is 17.5. The SMILES string of the molecule is Cc1nccn1CC(C)CNCc1ccc(OCC(C)C)cc1. The van der Waals surface area contributed by atoms with Gasteiger partial charge in [0.15, 0.2) is 0 Å². The molecule has 1 heterocycles. The minimum Gasteiger partial charge on any atom is -0.493 e. The van der Waals surface area contributed by atoms with Crippen LogP contribution in [0.4, 0.5) is 0 Å². The molecule has 4 heteroatoms. The second-order valence-corrected chi connectivity index (χ2v) is 6.71. The van der Waals surface area contributed by atoms with Crippen LogP contribution in [0.2, 0.25) is 0 Å². The Balaban J connectivity index is 1.70. The van der Waals surface area contributed by atoms with Gasteiger partial charge >= 0.3 is 0 Å². The zero-order valence-corrected chi connectivity index (χ0v) is 14.7. The number of ether oxygens (including phenoxy) is 1. The van der Waals surface area contributed by atoms with Crippen molar-refractivity contribution in [2.75, 3.05) is 13.2 Å². The molecular formula is C19H29N3O. The number of nitrogens with zero attached hydrogens (tertiary/aromatic N) is 2. The summed E-state index contributed by atoms with van der Waals surface area (Å²) < 4.78 is 7.91. The van der Waals surface area contributed by atoms with Crippen molar-refractivity contribution < 1.29 is 4.74 Å². The number of hydrogen-bond acceptors (Lipinski definition) is 3. The van der Waals surface area contributed by atoms with Crippen molar-refractivity contribution in [3.05, 3.63) is 48.0 Å². The lowest BCUT2D eigenvalue weighted by Crippen LogP contribution is -2.24. The number of hydrogen-bond donors (Lipinski definition) is 1. The standard InChI is InChI=1S/C19H29N3O/c1-15(2)14-23-19-7-5-18(6-8-19)12-20-11-16(3)13-22-10-9-21-17(22)4/h5-10,15-16,20H,11-14H2,1-4H3. The van der Waals surface area contributed by atoms with Crippen LogP contribution in [0.15, 0.2) is 36.7 Å². The quantitative estimate of drug-likeness (QED) is 0.767. The van der Waals surface area contributed by atoms with Gasteiger partial charge in [0.2, 0.25) is 0 Å². The summed E-state index contributed by atoms with van der Waals surface area (Å²) in [4.78, 5) is 4.26. The molecule has 0 saturated heterocycles. The summed E-state index contributed by atoms with van der Waals surface area (Å²) in [6.45, 7) is 12.3. The van der Waals surface area contributed by atoms with Crippen LogP contribution in [-0.4, -0.2) is 22.7 Å². The summed E-state index contributed by atoms with van der Waals surface area (Å²) >= 11 is 0. The van der Waals surface area contributed by atoms with Gasteiger partial charge in [-0.3, -0.25) is 0 Å². The Morgan fingerprint density at radius 3 is 2.52 bits per heavy atom. The third-order valence-electron chi connectivity index (χ3n) is 3.76. The first-order chi connectivity index (χ1) is 11.0. The molecule has 1 N–H and O–H groups in total. The average molecular weight is 315 g/mol. The fourth-order valence-corrected chi connectivity index (χ4v) is 2.43. The van der Waals surface area contributed by atoms with Gasteiger partial charge in [-0.15, -0.1) is 0 Å². The Bertz CT molecular complexity index is 575. The van der Waals surface area contributed by atoms with Crippen molar-refractivity contribution in [1.82, 2.24) is 14.9 Å². The van der Waals surface area contributed by atoms with Crippen molar-refractivity contribution in [2.24, 2.45) is 11.8 Å². The van der Waals surface area contributed by atoms with E-state index in [-0.39, 0.29) is 0 Å². The van der Waals surface area contributed by atoms with Crippen LogP contribution in [0.1, 0.15) is 32.2 Å². The maximum absolute atomic E-state index is 5.71. The highest BCUT2D eigenvalue weighted by atomic mass is 16.5. The zero-order valence-electron chi connectivity index (χ0n) is 14.7. The number of imidazole rings is 1. The molecule has 1 aromatic carbocycles. The Morgan fingerprint density at radius 1 is 1.17 bits per heavy atom. The monoisotopic (exact) mass is 315 g/mol. The van der Waals surface area contributed by atoms with Gasteiger partial charge in [-0.25, -0.2) is 4.98 Å². The highest BCUT2D eigenvalue weighted by molar-refractivity contribution is 5.27. The molecular weight excluding hydrogens is 286 g/mol. The van der Waals surface area contributed by atoms with Crippen LogP contribution in [0.3, 0.4) is 0 Å². The van der Waals surface area contributed by atoms with Crippen LogP contribution >= 0.6 is 0 Å². The average Bonchev–Trinajstić information content (AvgIpc) is 2.91. The minimum absolute atomic E-state index is 0.553. The van der Waals surface area contributed by atoms with E-state index >= 15 is 0 Å². The molecule has 0 radical (unpaired) electrons. The first-order valence-corrected chi connectivity index (χ1v) is 8.44. The fraction of sp³-hybridized carbons (Fsp3) is 0.526. The lowest BCUT2D eigenvalue weighted by molar-refractivity contribution is 0.271. The summed E-state index contributed by atoms with van der Waals surface area (Å²) in [7, 11) is 0. The lowest BCUT2D eigenvalue weighted by atomic mass is 10.1. The van der Waals surface area contributed by atoms with E-state index in [2.05, 4.69) is 59.9 Å². The smallest absolute Gasteiger partial charge is 0.119 e. The largest absolute Gasteiger partial charge is 0.493 e. The molecule has 0 saturated carbocycles. The van der Waals surface area contributed by atoms with Gasteiger partial charge in [-0.1, -0.05) is 32.9 Å². The van der Waals surface area contributed by atoms with Gasteiger partial charge in [0.25, 0.3) is 0 Å². The molecule has 0 spiro atoms. The van der Waals surface area contributed by atoms with Crippen LogP contribution in [0.5, 0.6) is 5.75 Å². The third kappa shape index (κ3) is 6.06. The molecule has 2 rings (SSSR count). The number of aromatic nitrogens is 2. The van der Waals surface area contributed by atoms with Crippen molar-refractivity contribution in [3.8, 4) is 5.75 Å².